The van der Waals surface area contributed by atoms with Gasteiger partial charge in [0.05, 0.1) is 24.0 Å². The van der Waals surface area contributed by atoms with Crippen molar-refractivity contribution < 1.29 is 38.2 Å². The van der Waals surface area contributed by atoms with E-state index in [1.165, 1.54) is 36.3 Å². The topological polar surface area (TPSA) is 257 Å². The smallest absolute Gasteiger partial charge is 0.410 e. The molecule has 0 saturated carbocycles. The normalized spacial score (nSPS) is 13.4. The molecule has 0 atom stereocenters. The number of ether oxygens (including phenoxy) is 3. The molecule has 5 amide bonds. The van der Waals surface area contributed by atoms with Crippen LogP contribution in [0.3, 0.4) is 0 Å². The number of carbonyl (C=O) groups is 5. The molecule has 1 aliphatic heterocycles. The molecule has 1 saturated heterocycles. The Morgan fingerprint density at radius 3 is 2.29 bits per heavy atom. The largest absolute Gasteiger partial charge is 0.494 e. The molecule has 3 heterocycles. The Labute approximate surface area is 341 Å². The number of rotatable bonds is 16. The summed E-state index contributed by atoms with van der Waals surface area (Å²) in [7, 11) is 1.46. The number of benzene rings is 2. The molecule has 2 aromatic heterocycles. The first-order chi connectivity index (χ1) is 28.0. The lowest BCUT2D eigenvalue weighted by Gasteiger charge is -2.34. The molecule has 19 nitrogen and oxygen atoms in total. The van der Waals surface area contributed by atoms with E-state index >= 15 is 0 Å². The highest BCUT2D eigenvalue weighted by molar-refractivity contribution is 6.04. The number of aromatic nitrogens is 4. The third-order valence-electron chi connectivity index (χ3n) is 9.04. The first-order valence-corrected chi connectivity index (χ1v) is 18.9. The first kappa shape index (κ1) is 43.1. The number of hydrogen-bond acceptors (Lipinski definition) is 12. The molecule has 0 spiro atoms. The fraction of sp³-hybridized carbons (Fsp3) is 0.375. The number of allylic oxidation sites excluding steroid dienone is 1. The molecule has 0 radical (unpaired) electrons. The summed E-state index contributed by atoms with van der Waals surface area (Å²) < 4.78 is 20.3. The van der Waals surface area contributed by atoms with Gasteiger partial charge in [-0.1, -0.05) is 18.2 Å². The van der Waals surface area contributed by atoms with Gasteiger partial charge in [-0.2, -0.15) is 5.10 Å². The standard InChI is InChI=1S/C40H51N11O8/c1-7-51-29(18-24(2)47-51)37(55)46-38-45-28-20-26(36(43)54)22-31(57-6)34(28)50(38)14-9-8-12-44-33-27(41)19-25(35(42)53)21-30(33)58-17-11-10-13-48-15-16-49(23-32(48)52)39(56)59-40(3,4)5/h8-11,18-22,44H,7,12-17,23,41H2,1-6H3,(H2,42,53)(H2,43,54)(H,45,46,55)/b9-8+,11-10-. The van der Waals surface area contributed by atoms with E-state index in [9.17, 15) is 24.0 Å². The van der Waals surface area contributed by atoms with Gasteiger partial charge in [-0.15, -0.1) is 0 Å². The molecule has 8 N–H and O–H groups in total. The van der Waals surface area contributed by atoms with Crippen LogP contribution in [-0.4, -0.2) is 111 Å². The predicted octanol–water partition coefficient (Wildman–Crippen LogP) is 3.28. The van der Waals surface area contributed by atoms with Crippen LogP contribution < -0.4 is 37.3 Å². The molecule has 314 valence electrons. The summed E-state index contributed by atoms with van der Waals surface area (Å²) in [5.41, 5.74) is 19.7. The SMILES string of the molecule is CCn1nc(C)cc1C(=O)Nc1nc2cc(C(N)=O)cc(OC)c2n1C/C=C/CNc1c(N)cc(C(N)=O)cc1OC/C=C\CN1CCN(C(=O)OC(C)(C)C)CC1=O. The van der Waals surface area contributed by atoms with Gasteiger partial charge >= 0.3 is 6.09 Å². The number of fused-ring (bicyclic) bond motifs is 1. The minimum absolute atomic E-state index is 0.0730. The summed E-state index contributed by atoms with van der Waals surface area (Å²) in [5, 5.41) is 10.5. The minimum Gasteiger partial charge on any atom is -0.494 e. The molecule has 19 heteroatoms. The van der Waals surface area contributed by atoms with E-state index < -0.39 is 29.4 Å². The second-order valence-corrected chi connectivity index (χ2v) is 14.6. The average molecular weight is 814 g/mol. The van der Waals surface area contributed by atoms with Crippen molar-refractivity contribution in [3.63, 3.8) is 0 Å². The van der Waals surface area contributed by atoms with Crippen molar-refractivity contribution in [1.82, 2.24) is 29.1 Å². The second-order valence-electron chi connectivity index (χ2n) is 14.6. The molecule has 5 rings (SSSR count). The molecular weight excluding hydrogens is 763 g/mol. The number of imidazole rings is 1. The Morgan fingerprint density at radius 2 is 1.63 bits per heavy atom. The van der Waals surface area contributed by atoms with Gasteiger partial charge in [0.25, 0.3) is 5.91 Å². The highest BCUT2D eigenvalue weighted by Crippen LogP contribution is 2.33. The third-order valence-corrected chi connectivity index (χ3v) is 9.04. The maximum absolute atomic E-state index is 13.4. The summed E-state index contributed by atoms with van der Waals surface area (Å²) in [6, 6.07) is 7.66. The Balaban J connectivity index is 1.27. The molecule has 0 unspecified atom stereocenters. The number of amides is 5. The zero-order chi connectivity index (χ0) is 43.0. The number of nitrogens with one attached hydrogen (secondary N) is 2. The lowest BCUT2D eigenvalue weighted by Crippen LogP contribution is -2.53. The number of primary amides is 2. The van der Waals surface area contributed by atoms with Crippen LogP contribution in [0.5, 0.6) is 11.5 Å². The molecule has 0 aliphatic carbocycles. The van der Waals surface area contributed by atoms with Crippen LogP contribution in [0.4, 0.5) is 22.1 Å². The maximum Gasteiger partial charge on any atom is 0.410 e. The van der Waals surface area contributed by atoms with Crippen molar-refractivity contribution in [2.24, 2.45) is 11.5 Å². The van der Waals surface area contributed by atoms with E-state index in [1.54, 1.807) is 60.1 Å². The van der Waals surface area contributed by atoms with Gasteiger partial charge in [-0.05, 0) is 71.0 Å². The minimum atomic E-state index is -0.685. The van der Waals surface area contributed by atoms with Crippen molar-refractivity contribution in [2.75, 3.05) is 62.8 Å². The first-order valence-electron chi connectivity index (χ1n) is 18.9. The monoisotopic (exact) mass is 813 g/mol. The van der Waals surface area contributed by atoms with Gasteiger partial charge < -0.3 is 46.2 Å². The number of methoxy groups -OCH3 is 1. The van der Waals surface area contributed by atoms with Crippen LogP contribution in [0, 0.1) is 6.92 Å². The fourth-order valence-corrected chi connectivity index (χ4v) is 6.23. The summed E-state index contributed by atoms with van der Waals surface area (Å²) in [6.45, 7) is 11.0. The number of nitrogen functional groups attached to an aromatic ring is 1. The zero-order valence-corrected chi connectivity index (χ0v) is 34.0. The van der Waals surface area contributed by atoms with Crippen LogP contribution >= 0.6 is 0 Å². The van der Waals surface area contributed by atoms with E-state index in [2.05, 4.69) is 20.7 Å². The van der Waals surface area contributed by atoms with Gasteiger partial charge in [-0.25, -0.2) is 9.78 Å². The maximum atomic E-state index is 13.4. The number of aryl methyl sites for hydroxylation is 2. The van der Waals surface area contributed by atoms with Crippen molar-refractivity contribution in [1.29, 1.82) is 0 Å². The quantitative estimate of drug-likeness (QED) is 0.0807. The van der Waals surface area contributed by atoms with E-state index in [1.807, 2.05) is 19.1 Å². The van der Waals surface area contributed by atoms with E-state index in [0.29, 0.717) is 60.0 Å². The van der Waals surface area contributed by atoms with Crippen LogP contribution in [0.15, 0.2) is 54.6 Å². The van der Waals surface area contributed by atoms with Crippen molar-refractivity contribution in [3.8, 4) is 11.5 Å². The van der Waals surface area contributed by atoms with Crippen molar-refractivity contribution >= 4 is 58.1 Å². The van der Waals surface area contributed by atoms with Gasteiger partial charge in [0.2, 0.25) is 23.7 Å². The molecule has 0 bridgehead atoms. The Hall–Kier alpha value is -7.05. The van der Waals surface area contributed by atoms with Crippen molar-refractivity contribution in [2.45, 2.75) is 53.3 Å². The van der Waals surface area contributed by atoms with E-state index in [-0.39, 0.29) is 60.7 Å². The molecule has 2 aromatic carbocycles. The fourth-order valence-electron chi connectivity index (χ4n) is 6.23. The average Bonchev–Trinajstić information content (AvgIpc) is 3.73. The Bertz CT molecular complexity index is 2300. The zero-order valence-electron chi connectivity index (χ0n) is 34.0. The summed E-state index contributed by atoms with van der Waals surface area (Å²) in [4.78, 5) is 70.3. The number of hydrogen-bond donors (Lipinski definition) is 5. The van der Waals surface area contributed by atoms with Gasteiger partial charge in [0, 0.05) is 50.4 Å². The van der Waals surface area contributed by atoms with E-state index in [4.69, 9.17) is 31.4 Å². The molecule has 1 fully saturated rings. The van der Waals surface area contributed by atoms with Crippen LogP contribution in [0.25, 0.3) is 11.0 Å². The number of nitrogens with two attached hydrogens (primary N) is 3. The molecule has 59 heavy (non-hydrogen) atoms. The van der Waals surface area contributed by atoms with Gasteiger partial charge in [0.1, 0.15) is 47.1 Å². The number of anilines is 3. The molecule has 4 aromatic rings. The predicted molar refractivity (Wildman–Crippen MR) is 221 cm³/mol. The highest BCUT2D eigenvalue weighted by atomic mass is 16.6. The van der Waals surface area contributed by atoms with Crippen LogP contribution in [0.1, 0.15) is 64.6 Å². The lowest BCUT2D eigenvalue weighted by atomic mass is 10.1. The number of carbonyl (C=O) groups excluding carboxylic acids is 5. The molecule has 1 aliphatic rings. The summed E-state index contributed by atoms with van der Waals surface area (Å²) in [6.07, 6.45) is 6.63. The van der Waals surface area contributed by atoms with Crippen LogP contribution in [0.2, 0.25) is 0 Å². The second kappa shape index (κ2) is 18.5. The number of piperazine rings is 1. The summed E-state index contributed by atoms with van der Waals surface area (Å²) in [5.74, 6) is -1.17. The highest BCUT2D eigenvalue weighted by Gasteiger charge is 2.30. The molecular formula is C40H51N11O8. The third kappa shape index (κ3) is 10.7. The number of nitrogens with zero attached hydrogens (tertiary/aromatic N) is 6. The lowest BCUT2D eigenvalue weighted by molar-refractivity contribution is -0.135. The Morgan fingerprint density at radius 1 is 0.932 bits per heavy atom. The van der Waals surface area contributed by atoms with Crippen molar-refractivity contribution in [3.05, 3.63) is 77.2 Å². The van der Waals surface area contributed by atoms with Crippen LogP contribution in [-0.2, 0) is 22.6 Å². The summed E-state index contributed by atoms with van der Waals surface area (Å²) >= 11 is 0. The van der Waals surface area contributed by atoms with Gasteiger partial charge in [0.15, 0.2) is 0 Å². The Kier molecular flexibility index (Phi) is 13.5. The van der Waals surface area contributed by atoms with E-state index in [0.717, 1.165) is 0 Å². The van der Waals surface area contributed by atoms with Gasteiger partial charge in [-0.3, -0.25) is 34.1 Å².